The standard InChI is InChI=1S/C21H25ClN2O3S/c1-3-27-21(26)20-17(12-18(28-20)15-4-6-16(22)7-5-15)23-19(25)13-24-10-8-14(2)9-11-24/h4-7,12,14H,3,8-11,13H2,1-2H3,(H,23,25)/p+1. The lowest BCUT2D eigenvalue weighted by Crippen LogP contribution is -3.14. The number of halogens is 1. The average molecular weight is 422 g/mol. The Hall–Kier alpha value is -1.89. The number of benzene rings is 1. The van der Waals surface area contributed by atoms with E-state index < -0.39 is 5.97 Å². The number of carbonyl (C=O) groups is 2. The molecule has 2 N–H and O–H groups in total. The van der Waals surface area contributed by atoms with Crippen molar-refractivity contribution in [2.45, 2.75) is 26.7 Å². The van der Waals surface area contributed by atoms with Crippen LogP contribution in [0.3, 0.4) is 0 Å². The maximum absolute atomic E-state index is 12.6. The third kappa shape index (κ3) is 5.34. The molecule has 5 nitrogen and oxygen atoms in total. The highest BCUT2D eigenvalue weighted by atomic mass is 35.5. The van der Waals surface area contributed by atoms with Crippen LogP contribution >= 0.6 is 22.9 Å². The summed E-state index contributed by atoms with van der Waals surface area (Å²) in [5.74, 6) is 0.249. The number of carbonyl (C=O) groups excluding carboxylic acids is 2. The molecule has 1 amide bonds. The molecule has 0 spiro atoms. The lowest BCUT2D eigenvalue weighted by molar-refractivity contribution is -0.897. The van der Waals surface area contributed by atoms with E-state index in [4.69, 9.17) is 16.3 Å². The van der Waals surface area contributed by atoms with Crippen molar-refractivity contribution in [1.82, 2.24) is 0 Å². The van der Waals surface area contributed by atoms with E-state index in [0.717, 1.165) is 42.3 Å². The maximum atomic E-state index is 12.6. The van der Waals surface area contributed by atoms with Gasteiger partial charge in [0.2, 0.25) is 0 Å². The molecule has 1 aromatic carbocycles. The number of likely N-dealkylation sites (tertiary alicyclic amines) is 1. The molecule has 3 rings (SSSR count). The first-order valence-electron chi connectivity index (χ1n) is 9.66. The van der Waals surface area contributed by atoms with Crippen LogP contribution in [0.15, 0.2) is 30.3 Å². The monoisotopic (exact) mass is 421 g/mol. The van der Waals surface area contributed by atoms with Crippen molar-refractivity contribution in [1.29, 1.82) is 0 Å². The third-order valence-electron chi connectivity index (χ3n) is 4.99. The summed E-state index contributed by atoms with van der Waals surface area (Å²) in [5.41, 5.74) is 1.46. The second-order valence-corrected chi connectivity index (χ2v) is 8.73. The molecule has 2 aromatic rings. The Morgan fingerprint density at radius 3 is 2.57 bits per heavy atom. The summed E-state index contributed by atoms with van der Waals surface area (Å²) in [7, 11) is 0. The molecule has 0 saturated carbocycles. The van der Waals surface area contributed by atoms with Gasteiger partial charge in [-0.15, -0.1) is 11.3 Å². The largest absolute Gasteiger partial charge is 0.462 e. The Morgan fingerprint density at radius 2 is 1.93 bits per heavy atom. The van der Waals surface area contributed by atoms with Gasteiger partial charge in [0.25, 0.3) is 5.91 Å². The highest BCUT2D eigenvalue weighted by Crippen LogP contribution is 2.35. The van der Waals surface area contributed by atoms with Gasteiger partial charge in [0.15, 0.2) is 6.54 Å². The number of nitrogens with one attached hydrogen (secondary N) is 2. The summed E-state index contributed by atoms with van der Waals surface area (Å²) in [6.07, 6.45) is 2.30. The van der Waals surface area contributed by atoms with Gasteiger partial charge in [0, 0.05) is 9.90 Å². The Labute approximate surface area is 174 Å². The highest BCUT2D eigenvalue weighted by Gasteiger charge is 2.24. The second kappa shape index (κ2) is 9.54. The predicted octanol–water partition coefficient (Wildman–Crippen LogP) is 3.50. The van der Waals surface area contributed by atoms with Crippen molar-refractivity contribution in [2.24, 2.45) is 5.92 Å². The van der Waals surface area contributed by atoms with Crippen molar-refractivity contribution in [3.63, 3.8) is 0 Å². The molecule has 2 heterocycles. The third-order valence-corrected chi connectivity index (χ3v) is 6.40. The lowest BCUT2D eigenvalue weighted by Gasteiger charge is -2.26. The van der Waals surface area contributed by atoms with Crippen LogP contribution in [0.4, 0.5) is 5.69 Å². The van der Waals surface area contributed by atoms with Crippen LogP contribution in [-0.4, -0.2) is 38.1 Å². The number of rotatable bonds is 6. The molecule has 0 radical (unpaired) electrons. The lowest BCUT2D eigenvalue weighted by atomic mass is 9.99. The number of anilines is 1. The summed E-state index contributed by atoms with van der Waals surface area (Å²) in [6, 6.07) is 9.24. The zero-order chi connectivity index (χ0) is 20.1. The van der Waals surface area contributed by atoms with Crippen molar-refractivity contribution in [2.75, 3.05) is 31.6 Å². The van der Waals surface area contributed by atoms with E-state index in [9.17, 15) is 9.59 Å². The quantitative estimate of drug-likeness (QED) is 0.702. The second-order valence-electron chi connectivity index (χ2n) is 7.24. The van der Waals surface area contributed by atoms with Crippen LogP contribution in [0, 0.1) is 5.92 Å². The fourth-order valence-corrected chi connectivity index (χ4v) is 4.50. The Morgan fingerprint density at radius 1 is 1.25 bits per heavy atom. The molecule has 0 aliphatic carbocycles. The summed E-state index contributed by atoms with van der Waals surface area (Å²) in [4.78, 5) is 27.6. The van der Waals surface area contributed by atoms with E-state index in [1.54, 1.807) is 19.1 Å². The number of esters is 1. The Balaban J connectivity index is 1.76. The zero-order valence-electron chi connectivity index (χ0n) is 16.2. The average Bonchev–Trinajstić information content (AvgIpc) is 3.08. The predicted molar refractivity (Wildman–Crippen MR) is 113 cm³/mol. The normalized spacial score (nSPS) is 19.2. The summed E-state index contributed by atoms with van der Waals surface area (Å²) < 4.78 is 5.17. The molecule has 7 heteroatoms. The van der Waals surface area contributed by atoms with Crippen molar-refractivity contribution >= 4 is 40.5 Å². The summed E-state index contributed by atoms with van der Waals surface area (Å²) in [6.45, 7) is 6.76. The molecule has 0 atom stereocenters. The Kier molecular flexibility index (Phi) is 7.10. The van der Waals surface area contributed by atoms with Gasteiger partial charge >= 0.3 is 5.97 Å². The van der Waals surface area contributed by atoms with E-state index in [2.05, 4.69) is 12.2 Å². The zero-order valence-corrected chi connectivity index (χ0v) is 17.8. The molecule has 28 heavy (non-hydrogen) atoms. The van der Waals surface area contributed by atoms with Crippen molar-refractivity contribution in [3.8, 4) is 10.4 Å². The van der Waals surface area contributed by atoms with Crippen LogP contribution < -0.4 is 10.2 Å². The summed E-state index contributed by atoms with van der Waals surface area (Å²) >= 11 is 7.28. The van der Waals surface area contributed by atoms with Gasteiger partial charge in [-0.1, -0.05) is 30.7 Å². The highest BCUT2D eigenvalue weighted by molar-refractivity contribution is 7.18. The van der Waals surface area contributed by atoms with E-state index in [-0.39, 0.29) is 12.5 Å². The van der Waals surface area contributed by atoms with E-state index in [1.165, 1.54) is 16.2 Å². The molecule has 0 unspecified atom stereocenters. The minimum absolute atomic E-state index is 0.0736. The van der Waals surface area contributed by atoms with Gasteiger partial charge in [0.1, 0.15) is 4.88 Å². The fraction of sp³-hybridized carbons (Fsp3) is 0.429. The number of amides is 1. The summed E-state index contributed by atoms with van der Waals surface area (Å²) in [5, 5.41) is 3.58. The van der Waals surface area contributed by atoms with Gasteiger partial charge < -0.3 is 15.0 Å². The van der Waals surface area contributed by atoms with E-state index in [1.807, 2.05) is 18.2 Å². The molecule has 0 bridgehead atoms. The van der Waals surface area contributed by atoms with E-state index >= 15 is 0 Å². The number of hydrogen-bond donors (Lipinski definition) is 2. The van der Waals surface area contributed by atoms with Crippen LogP contribution in [-0.2, 0) is 9.53 Å². The molecular formula is C21H26ClN2O3S+. The van der Waals surface area contributed by atoms with Crippen molar-refractivity contribution < 1.29 is 19.2 Å². The first kappa shape index (κ1) is 20.8. The number of thiophene rings is 1. The minimum Gasteiger partial charge on any atom is -0.462 e. The first-order valence-corrected chi connectivity index (χ1v) is 10.9. The molecule has 150 valence electrons. The number of ether oxygens (including phenoxy) is 1. The van der Waals surface area contributed by atoms with Crippen LogP contribution in [0.25, 0.3) is 10.4 Å². The molecule has 1 aromatic heterocycles. The minimum atomic E-state index is -0.415. The van der Waals surface area contributed by atoms with Gasteiger partial charge in [-0.2, -0.15) is 0 Å². The number of quaternary nitrogens is 1. The molecule has 1 aliphatic rings. The maximum Gasteiger partial charge on any atom is 0.350 e. The van der Waals surface area contributed by atoms with Gasteiger partial charge in [-0.05, 0) is 49.4 Å². The van der Waals surface area contributed by atoms with Crippen molar-refractivity contribution in [3.05, 3.63) is 40.2 Å². The molecule has 1 fully saturated rings. The fourth-order valence-electron chi connectivity index (χ4n) is 3.36. The topological polar surface area (TPSA) is 59.8 Å². The van der Waals surface area contributed by atoms with Gasteiger partial charge in [0.05, 0.1) is 25.4 Å². The first-order chi connectivity index (χ1) is 13.5. The SMILES string of the molecule is CCOC(=O)c1sc(-c2ccc(Cl)cc2)cc1NC(=O)C[NH+]1CCC(C)CC1. The Bertz CT molecular complexity index is 827. The van der Waals surface area contributed by atoms with E-state index in [0.29, 0.717) is 22.1 Å². The smallest absolute Gasteiger partial charge is 0.350 e. The number of hydrogen-bond acceptors (Lipinski definition) is 4. The van der Waals surface area contributed by atoms with Crippen LogP contribution in [0.1, 0.15) is 36.4 Å². The van der Waals surface area contributed by atoms with Gasteiger partial charge in [-0.3, -0.25) is 4.79 Å². The van der Waals surface area contributed by atoms with Crippen LogP contribution in [0.5, 0.6) is 0 Å². The van der Waals surface area contributed by atoms with Gasteiger partial charge in [-0.25, -0.2) is 4.79 Å². The number of piperidine rings is 1. The van der Waals surface area contributed by atoms with Crippen LogP contribution in [0.2, 0.25) is 5.02 Å². The molecule has 1 aliphatic heterocycles. The molecular weight excluding hydrogens is 396 g/mol. The molecule has 1 saturated heterocycles.